The summed E-state index contributed by atoms with van der Waals surface area (Å²) in [5.74, 6) is 0.794. The largest absolute Gasteiger partial charge is 0.394 e. The van der Waals surface area contributed by atoms with Crippen LogP contribution in [-0.2, 0) is 0 Å². The van der Waals surface area contributed by atoms with Gasteiger partial charge in [0.1, 0.15) is 17.8 Å². The standard InChI is InChI=1S/C17H19N5O3/c1-10(2)14(8-23)21-17-12-7-13(20-16(12)18-9-19-17)11-5-3-4-6-15(11)22(24)25/h3-7,9-10,14,23H,8H2,1-2H3,(H2,18,19,20,21). The van der Waals surface area contributed by atoms with E-state index in [9.17, 15) is 15.2 Å². The second-order valence-electron chi connectivity index (χ2n) is 6.12. The number of benzene rings is 1. The highest BCUT2D eigenvalue weighted by Gasteiger charge is 2.19. The van der Waals surface area contributed by atoms with Crippen molar-refractivity contribution in [3.05, 3.63) is 46.8 Å². The molecule has 0 saturated heterocycles. The van der Waals surface area contributed by atoms with E-state index >= 15 is 0 Å². The fraction of sp³-hybridized carbons (Fsp3) is 0.294. The Morgan fingerprint density at radius 2 is 2.08 bits per heavy atom. The normalized spacial score (nSPS) is 12.5. The van der Waals surface area contributed by atoms with Gasteiger partial charge in [-0.2, -0.15) is 0 Å². The van der Waals surface area contributed by atoms with Gasteiger partial charge in [0.2, 0.25) is 0 Å². The van der Waals surface area contributed by atoms with Crippen LogP contribution in [0.2, 0.25) is 0 Å². The summed E-state index contributed by atoms with van der Waals surface area (Å²) in [6.07, 6.45) is 1.42. The van der Waals surface area contributed by atoms with Gasteiger partial charge >= 0.3 is 0 Å². The van der Waals surface area contributed by atoms with Crippen molar-refractivity contribution >= 4 is 22.5 Å². The number of H-pyrrole nitrogens is 1. The summed E-state index contributed by atoms with van der Waals surface area (Å²) < 4.78 is 0. The van der Waals surface area contributed by atoms with E-state index < -0.39 is 4.92 Å². The van der Waals surface area contributed by atoms with E-state index in [0.29, 0.717) is 22.7 Å². The maximum absolute atomic E-state index is 11.3. The van der Waals surface area contributed by atoms with Gasteiger partial charge in [-0.25, -0.2) is 9.97 Å². The highest BCUT2D eigenvalue weighted by atomic mass is 16.6. The van der Waals surface area contributed by atoms with Gasteiger partial charge < -0.3 is 15.4 Å². The van der Waals surface area contributed by atoms with Crippen molar-refractivity contribution in [1.29, 1.82) is 0 Å². The van der Waals surface area contributed by atoms with Crippen LogP contribution in [0.25, 0.3) is 22.3 Å². The van der Waals surface area contributed by atoms with Crippen molar-refractivity contribution in [1.82, 2.24) is 15.0 Å². The summed E-state index contributed by atoms with van der Waals surface area (Å²) in [5.41, 5.74) is 1.67. The molecule has 1 atom stereocenters. The molecule has 3 aromatic rings. The molecule has 130 valence electrons. The number of aliphatic hydroxyl groups is 1. The smallest absolute Gasteiger partial charge is 0.278 e. The zero-order valence-electron chi connectivity index (χ0n) is 13.9. The van der Waals surface area contributed by atoms with E-state index in [0.717, 1.165) is 5.39 Å². The van der Waals surface area contributed by atoms with Gasteiger partial charge in [-0.3, -0.25) is 10.1 Å². The number of fused-ring (bicyclic) bond motifs is 1. The first kappa shape index (κ1) is 16.8. The van der Waals surface area contributed by atoms with E-state index in [1.165, 1.54) is 12.4 Å². The number of hydrogen-bond donors (Lipinski definition) is 3. The van der Waals surface area contributed by atoms with Crippen LogP contribution >= 0.6 is 0 Å². The van der Waals surface area contributed by atoms with E-state index in [1.54, 1.807) is 24.3 Å². The number of para-hydroxylation sites is 1. The average Bonchev–Trinajstić information content (AvgIpc) is 3.04. The maximum atomic E-state index is 11.3. The third-order valence-electron chi connectivity index (χ3n) is 4.14. The number of hydrogen-bond acceptors (Lipinski definition) is 6. The Morgan fingerprint density at radius 1 is 1.32 bits per heavy atom. The molecule has 0 fully saturated rings. The number of anilines is 1. The van der Waals surface area contributed by atoms with Gasteiger partial charge in [0.25, 0.3) is 5.69 Å². The molecule has 1 aromatic carbocycles. The van der Waals surface area contributed by atoms with Crippen LogP contribution in [0.1, 0.15) is 13.8 Å². The van der Waals surface area contributed by atoms with E-state index in [4.69, 9.17) is 0 Å². The van der Waals surface area contributed by atoms with Gasteiger partial charge in [0.15, 0.2) is 0 Å². The molecular weight excluding hydrogens is 322 g/mol. The SMILES string of the molecule is CC(C)C(CO)Nc1ncnc2[nH]c(-c3ccccc3[N+](=O)[O-])cc12. The molecule has 8 nitrogen and oxygen atoms in total. The summed E-state index contributed by atoms with van der Waals surface area (Å²) in [7, 11) is 0. The van der Waals surface area contributed by atoms with Gasteiger partial charge in [0.05, 0.1) is 34.2 Å². The van der Waals surface area contributed by atoms with E-state index in [2.05, 4.69) is 20.3 Å². The lowest BCUT2D eigenvalue weighted by Crippen LogP contribution is -2.29. The molecule has 2 heterocycles. The molecule has 1 unspecified atom stereocenters. The van der Waals surface area contributed by atoms with Crippen LogP contribution in [-0.4, -0.2) is 37.6 Å². The van der Waals surface area contributed by atoms with Crippen LogP contribution in [0.5, 0.6) is 0 Å². The fourth-order valence-corrected chi connectivity index (χ4v) is 2.66. The minimum Gasteiger partial charge on any atom is -0.394 e. The number of rotatable bonds is 6. The number of nitrogens with one attached hydrogen (secondary N) is 2. The molecule has 25 heavy (non-hydrogen) atoms. The molecule has 3 rings (SSSR count). The summed E-state index contributed by atoms with van der Waals surface area (Å²) in [4.78, 5) is 22.4. The lowest BCUT2D eigenvalue weighted by Gasteiger charge is -2.20. The number of nitro groups is 1. The zero-order chi connectivity index (χ0) is 18.0. The Morgan fingerprint density at radius 3 is 2.76 bits per heavy atom. The Bertz CT molecular complexity index is 906. The molecular formula is C17H19N5O3. The topological polar surface area (TPSA) is 117 Å². The van der Waals surface area contributed by atoms with Gasteiger partial charge in [-0.1, -0.05) is 26.0 Å². The molecule has 3 N–H and O–H groups in total. The van der Waals surface area contributed by atoms with Crippen molar-refractivity contribution < 1.29 is 10.0 Å². The van der Waals surface area contributed by atoms with Crippen molar-refractivity contribution in [2.45, 2.75) is 19.9 Å². The Hall–Kier alpha value is -3.00. The predicted molar refractivity (Wildman–Crippen MR) is 95.3 cm³/mol. The molecule has 0 aliphatic heterocycles. The molecule has 0 amide bonds. The highest BCUT2D eigenvalue weighted by Crippen LogP contribution is 2.32. The molecule has 2 aromatic heterocycles. The molecule has 0 aliphatic rings. The molecule has 8 heteroatoms. The Kier molecular flexibility index (Phi) is 4.62. The first-order valence-electron chi connectivity index (χ1n) is 7.96. The van der Waals surface area contributed by atoms with Crippen LogP contribution in [0.15, 0.2) is 36.7 Å². The third-order valence-corrected chi connectivity index (χ3v) is 4.14. The summed E-state index contributed by atoms with van der Waals surface area (Å²) in [5, 5.41) is 24.7. The van der Waals surface area contributed by atoms with Crippen molar-refractivity contribution in [2.24, 2.45) is 5.92 Å². The van der Waals surface area contributed by atoms with Crippen LogP contribution in [0, 0.1) is 16.0 Å². The fourth-order valence-electron chi connectivity index (χ4n) is 2.66. The number of nitro benzene ring substituents is 1. The molecule has 0 saturated carbocycles. The highest BCUT2D eigenvalue weighted by molar-refractivity contribution is 5.92. The first-order chi connectivity index (χ1) is 12.0. The summed E-state index contributed by atoms with van der Waals surface area (Å²) in [6.45, 7) is 3.98. The lowest BCUT2D eigenvalue weighted by atomic mass is 10.1. The molecule has 0 aliphatic carbocycles. The van der Waals surface area contributed by atoms with E-state index in [-0.39, 0.29) is 24.3 Å². The molecule has 0 radical (unpaired) electrons. The second-order valence-corrected chi connectivity index (χ2v) is 6.12. The number of aromatic nitrogens is 3. The van der Waals surface area contributed by atoms with Gasteiger partial charge in [0, 0.05) is 6.07 Å². The van der Waals surface area contributed by atoms with Gasteiger partial charge in [-0.05, 0) is 18.1 Å². The monoisotopic (exact) mass is 341 g/mol. The Labute approximate surface area is 144 Å². The zero-order valence-corrected chi connectivity index (χ0v) is 13.9. The number of aliphatic hydroxyl groups excluding tert-OH is 1. The predicted octanol–water partition coefficient (Wildman–Crippen LogP) is 2.96. The summed E-state index contributed by atoms with van der Waals surface area (Å²) in [6, 6.07) is 8.17. The van der Waals surface area contributed by atoms with E-state index in [1.807, 2.05) is 13.8 Å². The second kappa shape index (κ2) is 6.86. The van der Waals surface area contributed by atoms with Crippen LogP contribution < -0.4 is 5.32 Å². The average molecular weight is 341 g/mol. The molecule has 0 bridgehead atoms. The number of aromatic amines is 1. The minimum absolute atomic E-state index is 0.0203. The third kappa shape index (κ3) is 3.29. The summed E-state index contributed by atoms with van der Waals surface area (Å²) >= 11 is 0. The quantitative estimate of drug-likeness (QED) is 0.469. The van der Waals surface area contributed by atoms with Crippen LogP contribution in [0.3, 0.4) is 0 Å². The van der Waals surface area contributed by atoms with Gasteiger partial charge in [-0.15, -0.1) is 0 Å². The van der Waals surface area contributed by atoms with Crippen LogP contribution in [0.4, 0.5) is 11.5 Å². The Balaban J connectivity index is 2.07. The van der Waals surface area contributed by atoms with Crippen molar-refractivity contribution in [3.8, 4) is 11.3 Å². The van der Waals surface area contributed by atoms with Crippen molar-refractivity contribution in [3.63, 3.8) is 0 Å². The molecule has 0 spiro atoms. The minimum atomic E-state index is -0.410. The lowest BCUT2D eigenvalue weighted by molar-refractivity contribution is -0.384. The number of nitrogens with zero attached hydrogens (tertiary/aromatic N) is 3. The van der Waals surface area contributed by atoms with Crippen molar-refractivity contribution in [2.75, 3.05) is 11.9 Å². The first-order valence-corrected chi connectivity index (χ1v) is 7.96. The maximum Gasteiger partial charge on any atom is 0.278 e.